The summed E-state index contributed by atoms with van der Waals surface area (Å²) in [6.07, 6.45) is 2.92. The second kappa shape index (κ2) is 8.51. The number of esters is 1. The Balaban J connectivity index is 2.02. The standard InChI is InChI=1S/C18H22BrN5O3/c1-4-5-6-9-27-17(25)15-11(2)20-18-21-22-23-24(18)16(15)13-10-12(19)7-8-14(13)26-3/h7-8,10,16H,4-6,9H2,1-3H3,(H,20,21,23). The van der Waals surface area contributed by atoms with Gasteiger partial charge in [0.25, 0.3) is 0 Å². The fourth-order valence-corrected chi connectivity index (χ4v) is 3.46. The predicted octanol–water partition coefficient (Wildman–Crippen LogP) is 3.47. The van der Waals surface area contributed by atoms with Gasteiger partial charge in [-0.05, 0) is 42.0 Å². The number of nitrogens with zero attached hydrogens (tertiary/aromatic N) is 4. The second-order valence-corrected chi connectivity index (χ2v) is 7.16. The van der Waals surface area contributed by atoms with E-state index in [1.165, 1.54) is 0 Å². The van der Waals surface area contributed by atoms with Crippen LogP contribution in [0, 0.1) is 0 Å². The number of unbranched alkanes of at least 4 members (excludes halogenated alkanes) is 2. The van der Waals surface area contributed by atoms with Gasteiger partial charge >= 0.3 is 5.97 Å². The van der Waals surface area contributed by atoms with Crippen LogP contribution >= 0.6 is 15.9 Å². The SMILES string of the molecule is CCCCCOC(=O)C1=C(C)Nc2nnnn2C1c1cc(Br)ccc1OC. The maximum absolute atomic E-state index is 12.9. The third-order valence-electron chi connectivity index (χ3n) is 4.40. The lowest BCUT2D eigenvalue weighted by Gasteiger charge is -2.28. The van der Waals surface area contributed by atoms with Crippen LogP contribution < -0.4 is 10.1 Å². The molecule has 1 atom stereocenters. The van der Waals surface area contributed by atoms with Gasteiger partial charge in [0.2, 0.25) is 5.95 Å². The molecule has 2 heterocycles. The normalized spacial score (nSPS) is 15.9. The molecule has 27 heavy (non-hydrogen) atoms. The van der Waals surface area contributed by atoms with Crippen molar-refractivity contribution >= 4 is 27.8 Å². The summed E-state index contributed by atoms with van der Waals surface area (Å²) in [6.45, 7) is 4.31. The van der Waals surface area contributed by atoms with Crippen molar-refractivity contribution < 1.29 is 14.3 Å². The van der Waals surface area contributed by atoms with E-state index >= 15 is 0 Å². The van der Waals surface area contributed by atoms with Crippen molar-refractivity contribution in [3.63, 3.8) is 0 Å². The van der Waals surface area contributed by atoms with Gasteiger partial charge < -0.3 is 14.8 Å². The molecule has 1 unspecified atom stereocenters. The maximum atomic E-state index is 12.9. The van der Waals surface area contributed by atoms with Gasteiger partial charge in [0.05, 0.1) is 19.3 Å². The first-order chi connectivity index (χ1) is 13.1. The van der Waals surface area contributed by atoms with Crippen LogP contribution in [0.2, 0.25) is 0 Å². The molecule has 0 spiro atoms. The van der Waals surface area contributed by atoms with Gasteiger partial charge in [-0.1, -0.05) is 40.8 Å². The molecule has 0 bridgehead atoms. The van der Waals surface area contributed by atoms with Crippen LogP contribution in [-0.2, 0) is 9.53 Å². The fraction of sp³-hybridized carbons (Fsp3) is 0.444. The summed E-state index contributed by atoms with van der Waals surface area (Å²) in [6, 6.07) is 5.06. The number of aromatic nitrogens is 4. The molecule has 1 aliphatic heterocycles. The Hall–Kier alpha value is -2.42. The van der Waals surface area contributed by atoms with Crippen molar-refractivity contribution in [2.24, 2.45) is 0 Å². The van der Waals surface area contributed by atoms with Crippen LogP contribution in [0.3, 0.4) is 0 Å². The smallest absolute Gasteiger partial charge is 0.338 e. The molecule has 144 valence electrons. The van der Waals surface area contributed by atoms with E-state index in [2.05, 4.69) is 43.7 Å². The zero-order valence-corrected chi connectivity index (χ0v) is 17.1. The van der Waals surface area contributed by atoms with E-state index in [1.807, 2.05) is 25.1 Å². The summed E-state index contributed by atoms with van der Waals surface area (Å²) >= 11 is 3.49. The molecule has 0 fully saturated rings. The van der Waals surface area contributed by atoms with E-state index < -0.39 is 6.04 Å². The van der Waals surface area contributed by atoms with Gasteiger partial charge in [-0.3, -0.25) is 0 Å². The number of hydrogen-bond acceptors (Lipinski definition) is 7. The van der Waals surface area contributed by atoms with Crippen molar-refractivity contribution in [1.29, 1.82) is 0 Å². The molecular formula is C18H22BrN5O3. The number of carbonyl (C=O) groups is 1. The number of hydrogen-bond donors (Lipinski definition) is 1. The summed E-state index contributed by atoms with van der Waals surface area (Å²) in [4.78, 5) is 12.9. The van der Waals surface area contributed by atoms with Crippen LogP contribution in [0.4, 0.5) is 5.95 Å². The minimum absolute atomic E-state index is 0.383. The minimum Gasteiger partial charge on any atom is -0.496 e. The molecule has 8 nitrogen and oxygen atoms in total. The topological polar surface area (TPSA) is 91.2 Å². The Bertz CT molecular complexity index is 864. The second-order valence-electron chi connectivity index (χ2n) is 6.24. The number of benzene rings is 1. The van der Waals surface area contributed by atoms with Gasteiger partial charge in [0.1, 0.15) is 11.8 Å². The summed E-state index contributed by atoms with van der Waals surface area (Å²) in [5.41, 5.74) is 1.88. The Morgan fingerprint density at radius 3 is 2.93 bits per heavy atom. The van der Waals surface area contributed by atoms with E-state index in [-0.39, 0.29) is 5.97 Å². The number of tetrazole rings is 1. The molecule has 2 aromatic rings. The lowest BCUT2D eigenvalue weighted by Crippen LogP contribution is -2.30. The Labute approximate surface area is 166 Å². The molecule has 9 heteroatoms. The molecule has 1 N–H and O–H groups in total. The number of carbonyl (C=O) groups excluding carboxylic acids is 1. The highest BCUT2D eigenvalue weighted by molar-refractivity contribution is 9.10. The number of allylic oxidation sites excluding steroid dienone is 1. The minimum atomic E-state index is -0.553. The molecule has 0 aliphatic carbocycles. The number of rotatable bonds is 7. The first-order valence-corrected chi connectivity index (χ1v) is 9.62. The lowest BCUT2D eigenvalue weighted by atomic mass is 9.95. The van der Waals surface area contributed by atoms with Crippen molar-refractivity contribution in [1.82, 2.24) is 20.2 Å². The number of ether oxygens (including phenoxy) is 2. The largest absolute Gasteiger partial charge is 0.496 e. The zero-order valence-electron chi connectivity index (χ0n) is 15.5. The molecular weight excluding hydrogens is 414 g/mol. The molecule has 1 aromatic heterocycles. The highest BCUT2D eigenvalue weighted by atomic mass is 79.9. The summed E-state index contributed by atoms with van der Waals surface area (Å²) in [7, 11) is 1.59. The third kappa shape index (κ3) is 3.97. The summed E-state index contributed by atoms with van der Waals surface area (Å²) in [5.74, 6) is 0.710. The van der Waals surface area contributed by atoms with Crippen molar-refractivity contribution in [3.05, 3.63) is 39.5 Å². The molecule has 3 rings (SSSR count). The summed E-state index contributed by atoms with van der Waals surface area (Å²) in [5, 5.41) is 14.9. The monoisotopic (exact) mass is 435 g/mol. The Morgan fingerprint density at radius 1 is 1.37 bits per heavy atom. The Kier molecular flexibility index (Phi) is 6.10. The number of halogens is 1. The van der Waals surface area contributed by atoms with Crippen LogP contribution in [-0.4, -0.2) is 39.9 Å². The third-order valence-corrected chi connectivity index (χ3v) is 4.89. The maximum Gasteiger partial charge on any atom is 0.338 e. The fourth-order valence-electron chi connectivity index (χ4n) is 3.08. The molecule has 0 radical (unpaired) electrons. The number of methoxy groups -OCH3 is 1. The van der Waals surface area contributed by atoms with Gasteiger partial charge in [-0.15, -0.1) is 0 Å². The van der Waals surface area contributed by atoms with Crippen molar-refractivity contribution in [3.8, 4) is 5.75 Å². The molecule has 0 amide bonds. The van der Waals surface area contributed by atoms with E-state index in [9.17, 15) is 4.79 Å². The first-order valence-electron chi connectivity index (χ1n) is 8.83. The lowest BCUT2D eigenvalue weighted by molar-refractivity contribution is -0.139. The quantitative estimate of drug-likeness (QED) is 0.525. The average Bonchev–Trinajstić information content (AvgIpc) is 3.11. The number of nitrogens with one attached hydrogen (secondary N) is 1. The average molecular weight is 436 g/mol. The first kappa shape index (κ1) is 19.3. The highest BCUT2D eigenvalue weighted by Crippen LogP contribution is 2.40. The Morgan fingerprint density at radius 2 is 2.19 bits per heavy atom. The van der Waals surface area contributed by atoms with Crippen molar-refractivity contribution in [2.75, 3.05) is 19.0 Å². The molecule has 1 aromatic carbocycles. The highest BCUT2D eigenvalue weighted by Gasteiger charge is 2.36. The van der Waals surface area contributed by atoms with Gasteiger partial charge in [0, 0.05) is 15.7 Å². The van der Waals surface area contributed by atoms with Gasteiger partial charge in [-0.25, -0.2) is 4.79 Å². The van der Waals surface area contributed by atoms with Gasteiger partial charge in [0.15, 0.2) is 0 Å². The van der Waals surface area contributed by atoms with E-state index in [1.54, 1.807) is 11.8 Å². The molecule has 0 saturated heterocycles. The van der Waals surface area contributed by atoms with Crippen LogP contribution in [0.5, 0.6) is 5.75 Å². The molecule has 0 saturated carbocycles. The van der Waals surface area contributed by atoms with Crippen LogP contribution in [0.25, 0.3) is 0 Å². The summed E-state index contributed by atoms with van der Waals surface area (Å²) < 4.78 is 13.5. The van der Waals surface area contributed by atoms with Crippen LogP contribution in [0.1, 0.15) is 44.7 Å². The van der Waals surface area contributed by atoms with Gasteiger partial charge in [-0.2, -0.15) is 4.68 Å². The number of fused-ring (bicyclic) bond motifs is 1. The van der Waals surface area contributed by atoms with Crippen LogP contribution in [0.15, 0.2) is 33.9 Å². The van der Waals surface area contributed by atoms with E-state index in [4.69, 9.17) is 9.47 Å². The number of anilines is 1. The predicted molar refractivity (Wildman–Crippen MR) is 103 cm³/mol. The van der Waals surface area contributed by atoms with E-state index in [0.29, 0.717) is 29.6 Å². The van der Waals surface area contributed by atoms with E-state index in [0.717, 1.165) is 29.3 Å². The zero-order chi connectivity index (χ0) is 19.4. The van der Waals surface area contributed by atoms with Crippen molar-refractivity contribution in [2.45, 2.75) is 39.2 Å². The molecule has 1 aliphatic rings.